The SMILES string of the molecule is O=C(N[C@@H]1CCc2ccccc21)c1cn(-c2ccc(F)cc2)nn1. The molecule has 0 radical (unpaired) electrons. The van der Waals surface area contributed by atoms with Gasteiger partial charge in [0.2, 0.25) is 0 Å². The lowest BCUT2D eigenvalue weighted by Gasteiger charge is -2.12. The zero-order valence-corrected chi connectivity index (χ0v) is 12.8. The van der Waals surface area contributed by atoms with Crippen LogP contribution in [0.15, 0.2) is 54.7 Å². The third-order valence-electron chi connectivity index (χ3n) is 4.26. The van der Waals surface area contributed by atoms with Gasteiger partial charge in [0, 0.05) is 0 Å². The normalized spacial score (nSPS) is 16.0. The van der Waals surface area contributed by atoms with Crippen LogP contribution >= 0.6 is 0 Å². The van der Waals surface area contributed by atoms with Crippen LogP contribution in [0.2, 0.25) is 0 Å². The zero-order valence-electron chi connectivity index (χ0n) is 12.8. The lowest BCUT2D eigenvalue weighted by molar-refractivity contribution is 0.0931. The van der Waals surface area contributed by atoms with Gasteiger partial charge in [-0.05, 0) is 48.2 Å². The van der Waals surface area contributed by atoms with Crippen LogP contribution in [0, 0.1) is 5.82 Å². The molecule has 1 heterocycles. The van der Waals surface area contributed by atoms with Crippen molar-refractivity contribution in [3.05, 3.63) is 77.4 Å². The minimum absolute atomic E-state index is 0.00433. The van der Waals surface area contributed by atoms with Gasteiger partial charge in [0.05, 0.1) is 17.9 Å². The number of hydrogen-bond donors (Lipinski definition) is 1. The smallest absolute Gasteiger partial charge is 0.273 e. The van der Waals surface area contributed by atoms with Crippen LogP contribution in [0.1, 0.15) is 34.1 Å². The van der Waals surface area contributed by atoms with Crippen LogP contribution < -0.4 is 5.32 Å². The molecule has 120 valence electrons. The summed E-state index contributed by atoms with van der Waals surface area (Å²) in [5, 5.41) is 10.9. The van der Waals surface area contributed by atoms with Crippen molar-refractivity contribution in [2.24, 2.45) is 0 Å². The molecular formula is C18H15FN4O. The van der Waals surface area contributed by atoms with Crippen LogP contribution in [0.25, 0.3) is 5.69 Å². The third-order valence-corrected chi connectivity index (χ3v) is 4.26. The maximum atomic E-state index is 13.0. The second-order valence-corrected chi connectivity index (χ2v) is 5.79. The molecule has 1 aliphatic rings. The average molecular weight is 322 g/mol. The molecule has 2 aromatic carbocycles. The highest BCUT2D eigenvalue weighted by atomic mass is 19.1. The molecular weight excluding hydrogens is 307 g/mol. The number of aryl methyl sites for hydroxylation is 1. The van der Waals surface area contributed by atoms with E-state index in [1.54, 1.807) is 18.3 Å². The van der Waals surface area contributed by atoms with E-state index in [-0.39, 0.29) is 23.5 Å². The lowest BCUT2D eigenvalue weighted by Crippen LogP contribution is -2.27. The van der Waals surface area contributed by atoms with Crippen molar-refractivity contribution in [1.82, 2.24) is 20.3 Å². The largest absolute Gasteiger partial charge is 0.344 e. The number of fused-ring (bicyclic) bond motifs is 1. The molecule has 0 unspecified atom stereocenters. The second kappa shape index (κ2) is 5.88. The average Bonchev–Trinajstić information content (AvgIpc) is 3.23. The second-order valence-electron chi connectivity index (χ2n) is 5.79. The maximum absolute atomic E-state index is 13.0. The Bertz CT molecular complexity index is 888. The lowest BCUT2D eigenvalue weighted by atomic mass is 10.1. The van der Waals surface area contributed by atoms with E-state index in [9.17, 15) is 9.18 Å². The molecule has 4 rings (SSSR count). The molecule has 0 aliphatic heterocycles. The number of aromatic nitrogens is 3. The van der Waals surface area contributed by atoms with E-state index in [4.69, 9.17) is 0 Å². The molecule has 0 saturated carbocycles. The van der Waals surface area contributed by atoms with Crippen LogP contribution in [0.4, 0.5) is 4.39 Å². The predicted octanol–water partition coefficient (Wildman–Crippen LogP) is 2.82. The molecule has 0 bridgehead atoms. The Kier molecular flexibility index (Phi) is 3.57. The summed E-state index contributed by atoms with van der Waals surface area (Å²) in [7, 11) is 0. The first-order chi connectivity index (χ1) is 11.7. The van der Waals surface area contributed by atoms with Crippen LogP contribution in [-0.2, 0) is 6.42 Å². The molecule has 24 heavy (non-hydrogen) atoms. The number of halogens is 1. The molecule has 6 heteroatoms. The van der Waals surface area contributed by atoms with E-state index >= 15 is 0 Å². The van der Waals surface area contributed by atoms with Gasteiger partial charge in [-0.3, -0.25) is 4.79 Å². The van der Waals surface area contributed by atoms with Gasteiger partial charge in [-0.2, -0.15) is 0 Å². The fourth-order valence-electron chi connectivity index (χ4n) is 3.03. The third kappa shape index (κ3) is 2.67. The Hall–Kier alpha value is -3.02. The predicted molar refractivity (Wildman–Crippen MR) is 86.3 cm³/mol. The number of carbonyl (C=O) groups excluding carboxylic acids is 1. The summed E-state index contributed by atoms with van der Waals surface area (Å²) in [6.07, 6.45) is 3.39. The van der Waals surface area contributed by atoms with Crippen molar-refractivity contribution in [2.45, 2.75) is 18.9 Å². The molecule has 1 aromatic heterocycles. The highest BCUT2D eigenvalue weighted by Crippen LogP contribution is 2.30. The van der Waals surface area contributed by atoms with Crippen molar-refractivity contribution in [3.8, 4) is 5.69 Å². The van der Waals surface area contributed by atoms with E-state index in [2.05, 4.69) is 21.7 Å². The topological polar surface area (TPSA) is 59.8 Å². The standard InChI is InChI=1S/C18H15FN4O/c19-13-6-8-14(9-7-13)23-11-17(21-22-23)18(24)20-16-10-5-12-3-1-2-4-15(12)16/h1-4,6-9,11,16H,5,10H2,(H,20,24)/t16-/m1/s1. The van der Waals surface area contributed by atoms with E-state index in [0.29, 0.717) is 5.69 Å². The number of amides is 1. The fraction of sp³-hybridized carbons (Fsp3) is 0.167. The van der Waals surface area contributed by atoms with Crippen LogP contribution in [0.5, 0.6) is 0 Å². The summed E-state index contributed by atoms with van der Waals surface area (Å²) in [5.74, 6) is -0.582. The zero-order chi connectivity index (χ0) is 16.5. The van der Waals surface area contributed by atoms with Gasteiger partial charge in [-0.1, -0.05) is 29.5 Å². The minimum atomic E-state index is -0.322. The molecule has 0 saturated heterocycles. The first-order valence-electron chi connectivity index (χ1n) is 7.78. The summed E-state index contributed by atoms with van der Waals surface area (Å²) in [4.78, 5) is 12.4. The van der Waals surface area contributed by atoms with E-state index in [0.717, 1.165) is 18.4 Å². The van der Waals surface area contributed by atoms with Gasteiger partial charge >= 0.3 is 0 Å². The highest BCUT2D eigenvalue weighted by Gasteiger charge is 2.24. The first kappa shape index (κ1) is 14.6. The maximum Gasteiger partial charge on any atom is 0.273 e. The van der Waals surface area contributed by atoms with E-state index in [1.807, 2.05) is 18.2 Å². The van der Waals surface area contributed by atoms with Gasteiger partial charge in [-0.25, -0.2) is 9.07 Å². The Morgan fingerprint density at radius 2 is 1.96 bits per heavy atom. The van der Waals surface area contributed by atoms with Gasteiger partial charge in [-0.15, -0.1) is 5.10 Å². The van der Waals surface area contributed by atoms with Gasteiger partial charge in [0.1, 0.15) is 5.82 Å². The van der Waals surface area contributed by atoms with Crippen LogP contribution in [-0.4, -0.2) is 20.9 Å². The summed E-state index contributed by atoms with van der Waals surface area (Å²) < 4.78 is 14.4. The number of carbonyl (C=O) groups is 1. The molecule has 1 aliphatic carbocycles. The Morgan fingerprint density at radius 3 is 2.79 bits per heavy atom. The fourth-order valence-corrected chi connectivity index (χ4v) is 3.03. The summed E-state index contributed by atoms with van der Waals surface area (Å²) in [6.45, 7) is 0. The first-order valence-corrected chi connectivity index (χ1v) is 7.78. The van der Waals surface area contributed by atoms with Gasteiger partial charge in [0.25, 0.3) is 5.91 Å². The van der Waals surface area contributed by atoms with Gasteiger partial charge in [0.15, 0.2) is 5.69 Å². The monoisotopic (exact) mass is 322 g/mol. The number of nitrogens with one attached hydrogen (secondary N) is 1. The molecule has 0 fully saturated rings. The summed E-state index contributed by atoms with van der Waals surface area (Å²) in [6, 6.07) is 14.0. The number of benzene rings is 2. The Morgan fingerprint density at radius 1 is 1.17 bits per heavy atom. The number of nitrogens with zero attached hydrogens (tertiary/aromatic N) is 3. The minimum Gasteiger partial charge on any atom is -0.344 e. The highest BCUT2D eigenvalue weighted by molar-refractivity contribution is 5.92. The quantitative estimate of drug-likeness (QED) is 0.806. The number of rotatable bonds is 3. The van der Waals surface area contributed by atoms with Gasteiger partial charge < -0.3 is 5.32 Å². The van der Waals surface area contributed by atoms with Crippen LogP contribution in [0.3, 0.4) is 0 Å². The van der Waals surface area contributed by atoms with Crippen molar-refractivity contribution in [3.63, 3.8) is 0 Å². The summed E-state index contributed by atoms with van der Waals surface area (Å²) >= 11 is 0. The summed E-state index contributed by atoms with van der Waals surface area (Å²) in [5.41, 5.74) is 3.33. The number of hydrogen-bond acceptors (Lipinski definition) is 3. The molecule has 1 amide bonds. The van der Waals surface area contributed by atoms with E-state index in [1.165, 1.54) is 22.4 Å². The molecule has 3 aromatic rings. The van der Waals surface area contributed by atoms with Crippen molar-refractivity contribution < 1.29 is 9.18 Å². The van der Waals surface area contributed by atoms with Crippen molar-refractivity contribution >= 4 is 5.91 Å². The Balaban J connectivity index is 1.51. The van der Waals surface area contributed by atoms with Crippen molar-refractivity contribution in [2.75, 3.05) is 0 Å². The molecule has 5 nitrogen and oxygen atoms in total. The van der Waals surface area contributed by atoms with Crippen molar-refractivity contribution in [1.29, 1.82) is 0 Å². The Labute approximate surface area is 138 Å². The molecule has 0 spiro atoms. The molecule has 1 N–H and O–H groups in total. The molecule has 1 atom stereocenters. The van der Waals surface area contributed by atoms with E-state index < -0.39 is 0 Å².